The van der Waals surface area contributed by atoms with Gasteiger partial charge in [-0.15, -0.1) is 24.8 Å². The van der Waals surface area contributed by atoms with Crippen LogP contribution in [-0.2, 0) is 13.6 Å². The van der Waals surface area contributed by atoms with Gasteiger partial charge < -0.3 is 5.73 Å². The average Bonchev–Trinajstić information content (AvgIpc) is 2.62. The molecule has 0 unspecified atom stereocenters. The predicted octanol–water partition coefficient (Wildman–Crippen LogP) is 1.09. The number of rotatable bonds is 2. The third-order valence-corrected chi connectivity index (χ3v) is 1.76. The van der Waals surface area contributed by atoms with Crippen molar-refractivity contribution in [3.05, 3.63) is 30.4 Å². The van der Waals surface area contributed by atoms with Gasteiger partial charge in [0.2, 0.25) is 0 Å². The first-order valence-electron chi connectivity index (χ1n) is 3.99. The van der Waals surface area contributed by atoms with E-state index in [9.17, 15) is 0 Å². The van der Waals surface area contributed by atoms with E-state index in [-0.39, 0.29) is 24.8 Å². The molecule has 84 valence electrons. The van der Waals surface area contributed by atoms with Gasteiger partial charge in [-0.05, 0) is 0 Å². The molecule has 15 heavy (non-hydrogen) atoms. The number of hydrogen-bond acceptors (Lipinski definition) is 3. The zero-order chi connectivity index (χ0) is 9.26. The van der Waals surface area contributed by atoms with E-state index in [1.165, 1.54) is 0 Å². The maximum absolute atomic E-state index is 5.53. The quantitative estimate of drug-likeness (QED) is 0.867. The van der Waals surface area contributed by atoms with Gasteiger partial charge in [-0.2, -0.15) is 10.2 Å². The number of anilines is 1. The lowest BCUT2D eigenvalue weighted by Gasteiger charge is -1.95. The Labute approximate surface area is 100 Å². The smallest absolute Gasteiger partial charge is 0.0719 e. The van der Waals surface area contributed by atoms with Crippen molar-refractivity contribution in [1.29, 1.82) is 0 Å². The third-order valence-electron chi connectivity index (χ3n) is 1.76. The summed E-state index contributed by atoms with van der Waals surface area (Å²) in [7, 11) is 1.89. The highest BCUT2D eigenvalue weighted by molar-refractivity contribution is 5.85. The van der Waals surface area contributed by atoms with Gasteiger partial charge in [-0.1, -0.05) is 0 Å². The standard InChI is InChI=1S/C8H11N5.2ClH/c1-12-4-7(2-10-12)5-13-6-8(9)3-11-13;;/h2-4,6H,5,9H2,1H3;2*1H. The molecule has 7 heteroatoms. The second-order valence-corrected chi connectivity index (χ2v) is 2.99. The van der Waals surface area contributed by atoms with E-state index < -0.39 is 0 Å². The van der Waals surface area contributed by atoms with Gasteiger partial charge in [0.15, 0.2) is 0 Å². The molecule has 2 N–H and O–H groups in total. The van der Waals surface area contributed by atoms with Crippen molar-refractivity contribution in [2.75, 3.05) is 5.73 Å². The van der Waals surface area contributed by atoms with E-state index >= 15 is 0 Å². The van der Waals surface area contributed by atoms with Crippen molar-refractivity contribution in [1.82, 2.24) is 19.6 Å². The zero-order valence-corrected chi connectivity index (χ0v) is 9.83. The van der Waals surface area contributed by atoms with Crippen molar-refractivity contribution in [3.63, 3.8) is 0 Å². The van der Waals surface area contributed by atoms with Crippen LogP contribution in [0.25, 0.3) is 0 Å². The highest BCUT2D eigenvalue weighted by atomic mass is 35.5. The molecule has 0 saturated carbocycles. The summed E-state index contributed by atoms with van der Waals surface area (Å²) in [5.74, 6) is 0. The summed E-state index contributed by atoms with van der Waals surface area (Å²) in [5.41, 5.74) is 7.33. The van der Waals surface area contributed by atoms with Crippen LogP contribution in [0.5, 0.6) is 0 Å². The molecule has 2 aromatic heterocycles. The highest BCUT2D eigenvalue weighted by Crippen LogP contribution is 2.03. The molecule has 0 saturated heterocycles. The van der Waals surface area contributed by atoms with Crippen LogP contribution in [0.4, 0.5) is 5.69 Å². The van der Waals surface area contributed by atoms with E-state index in [0.717, 1.165) is 5.56 Å². The van der Waals surface area contributed by atoms with Gasteiger partial charge in [-0.3, -0.25) is 9.36 Å². The van der Waals surface area contributed by atoms with Gasteiger partial charge in [0.1, 0.15) is 0 Å². The predicted molar refractivity (Wildman–Crippen MR) is 63.4 cm³/mol. The van der Waals surface area contributed by atoms with E-state index in [1.54, 1.807) is 21.8 Å². The number of halogens is 2. The molecule has 0 spiro atoms. The molecule has 0 aromatic carbocycles. The lowest BCUT2D eigenvalue weighted by Crippen LogP contribution is -1.98. The van der Waals surface area contributed by atoms with E-state index in [0.29, 0.717) is 12.2 Å². The van der Waals surface area contributed by atoms with Crippen LogP contribution in [0.2, 0.25) is 0 Å². The Balaban J connectivity index is 0.000000980. The fourth-order valence-electron chi connectivity index (χ4n) is 1.21. The lowest BCUT2D eigenvalue weighted by molar-refractivity contribution is 0.685. The SMILES string of the molecule is Cl.Cl.Cn1cc(Cn2cc(N)cn2)cn1. The molecule has 5 nitrogen and oxygen atoms in total. The molecule has 2 aromatic rings. The first-order chi connectivity index (χ1) is 6.24. The second-order valence-electron chi connectivity index (χ2n) is 2.99. The monoisotopic (exact) mass is 249 g/mol. The molecular weight excluding hydrogens is 237 g/mol. The number of aromatic nitrogens is 4. The molecule has 0 amide bonds. The first-order valence-corrected chi connectivity index (χ1v) is 3.99. The van der Waals surface area contributed by atoms with Crippen molar-refractivity contribution in [2.45, 2.75) is 6.54 Å². The molecule has 0 aliphatic heterocycles. The normalized spacial score (nSPS) is 9.13. The Hall–Kier alpha value is -1.20. The van der Waals surface area contributed by atoms with Crippen LogP contribution in [-0.4, -0.2) is 19.6 Å². The summed E-state index contributed by atoms with van der Waals surface area (Å²) < 4.78 is 3.55. The lowest BCUT2D eigenvalue weighted by atomic mass is 10.4. The van der Waals surface area contributed by atoms with Gasteiger partial charge in [0, 0.05) is 25.0 Å². The summed E-state index contributed by atoms with van der Waals surface area (Å²) in [6.45, 7) is 0.713. The molecular formula is C8H13Cl2N5. The van der Waals surface area contributed by atoms with Gasteiger partial charge in [0.25, 0.3) is 0 Å². The minimum atomic E-state index is 0. The Morgan fingerprint density at radius 1 is 1.20 bits per heavy atom. The van der Waals surface area contributed by atoms with Crippen molar-refractivity contribution in [2.24, 2.45) is 7.05 Å². The molecule has 0 fully saturated rings. The average molecular weight is 250 g/mol. The summed E-state index contributed by atoms with van der Waals surface area (Å²) in [6, 6.07) is 0. The fraction of sp³-hybridized carbons (Fsp3) is 0.250. The number of nitrogen functional groups attached to an aromatic ring is 1. The minimum Gasteiger partial charge on any atom is -0.396 e. The Morgan fingerprint density at radius 2 is 1.93 bits per heavy atom. The number of nitrogens with zero attached hydrogens (tertiary/aromatic N) is 4. The molecule has 0 radical (unpaired) electrons. The number of hydrogen-bond donors (Lipinski definition) is 1. The first kappa shape index (κ1) is 13.8. The van der Waals surface area contributed by atoms with Gasteiger partial charge in [0.05, 0.1) is 24.6 Å². The van der Waals surface area contributed by atoms with E-state index in [4.69, 9.17) is 5.73 Å². The summed E-state index contributed by atoms with van der Waals surface area (Å²) in [5, 5.41) is 8.14. The van der Waals surface area contributed by atoms with Crippen LogP contribution >= 0.6 is 24.8 Å². The Kier molecular flexibility index (Phi) is 5.18. The van der Waals surface area contributed by atoms with Crippen LogP contribution in [0.15, 0.2) is 24.8 Å². The molecule has 0 aliphatic carbocycles. The van der Waals surface area contributed by atoms with Gasteiger partial charge >= 0.3 is 0 Å². The fourth-order valence-corrected chi connectivity index (χ4v) is 1.21. The summed E-state index contributed by atoms with van der Waals surface area (Å²) in [6.07, 6.45) is 7.21. The van der Waals surface area contributed by atoms with Crippen molar-refractivity contribution in [3.8, 4) is 0 Å². The van der Waals surface area contributed by atoms with E-state index in [2.05, 4.69) is 10.2 Å². The van der Waals surface area contributed by atoms with Gasteiger partial charge in [-0.25, -0.2) is 0 Å². The molecule has 0 aliphatic rings. The topological polar surface area (TPSA) is 61.7 Å². The summed E-state index contributed by atoms with van der Waals surface area (Å²) >= 11 is 0. The van der Waals surface area contributed by atoms with Crippen molar-refractivity contribution < 1.29 is 0 Å². The van der Waals surface area contributed by atoms with Crippen LogP contribution in [0, 0.1) is 0 Å². The molecule has 2 rings (SSSR count). The number of aryl methyl sites for hydroxylation is 1. The molecule has 2 heterocycles. The maximum atomic E-state index is 5.53. The van der Waals surface area contributed by atoms with Crippen molar-refractivity contribution >= 4 is 30.5 Å². The van der Waals surface area contributed by atoms with Crippen LogP contribution < -0.4 is 5.73 Å². The van der Waals surface area contributed by atoms with Crippen LogP contribution in [0.1, 0.15) is 5.56 Å². The Morgan fingerprint density at radius 3 is 2.40 bits per heavy atom. The largest absolute Gasteiger partial charge is 0.396 e. The Bertz CT molecular complexity index is 370. The summed E-state index contributed by atoms with van der Waals surface area (Å²) in [4.78, 5) is 0. The van der Waals surface area contributed by atoms with Crippen LogP contribution in [0.3, 0.4) is 0 Å². The highest BCUT2D eigenvalue weighted by Gasteiger charge is 1.98. The molecule has 0 atom stereocenters. The van der Waals surface area contributed by atoms with E-state index in [1.807, 2.05) is 19.4 Å². The minimum absolute atomic E-state index is 0. The molecule has 0 bridgehead atoms. The number of nitrogens with two attached hydrogens (primary N) is 1. The second kappa shape index (κ2) is 5.63. The third kappa shape index (κ3) is 3.45. The maximum Gasteiger partial charge on any atom is 0.0719 e. The zero-order valence-electron chi connectivity index (χ0n) is 8.20.